The Kier molecular flexibility index (Phi) is 6.25. The molecule has 1 aliphatic heterocycles. The molecule has 1 amide bonds. The van der Waals surface area contributed by atoms with Crippen LogP contribution in [0.15, 0.2) is 70.0 Å². The Bertz CT molecular complexity index is 1060. The molecule has 1 atom stereocenters. The van der Waals surface area contributed by atoms with Gasteiger partial charge in [-0.2, -0.15) is 0 Å². The number of carbonyl (C=O) groups is 1. The molecule has 1 aliphatic rings. The van der Waals surface area contributed by atoms with Gasteiger partial charge in [0.1, 0.15) is 5.76 Å². The number of anilines is 1. The molecule has 1 fully saturated rings. The van der Waals surface area contributed by atoms with Crippen LogP contribution in [0.2, 0.25) is 5.02 Å². The number of rotatable bonds is 5. The molecule has 2 aromatic carbocycles. The van der Waals surface area contributed by atoms with Crippen LogP contribution < -0.4 is 4.90 Å². The lowest BCUT2D eigenvalue weighted by Crippen LogP contribution is -2.48. The summed E-state index contributed by atoms with van der Waals surface area (Å²) in [7, 11) is -1.21. The van der Waals surface area contributed by atoms with Crippen molar-refractivity contribution >= 4 is 34.0 Å². The van der Waals surface area contributed by atoms with Crippen LogP contribution in [0.4, 0.5) is 5.69 Å². The molecule has 0 aliphatic carbocycles. The van der Waals surface area contributed by atoms with E-state index in [0.717, 1.165) is 29.2 Å². The van der Waals surface area contributed by atoms with Gasteiger partial charge in [-0.25, -0.2) is 0 Å². The Morgan fingerprint density at radius 1 is 1.00 bits per heavy atom. The fourth-order valence-electron chi connectivity index (χ4n) is 3.56. The summed E-state index contributed by atoms with van der Waals surface area (Å²) >= 11 is 5.96. The Morgan fingerprint density at radius 2 is 1.70 bits per heavy atom. The molecule has 0 radical (unpaired) electrons. The van der Waals surface area contributed by atoms with E-state index in [4.69, 9.17) is 16.0 Å². The van der Waals surface area contributed by atoms with E-state index >= 15 is 0 Å². The number of furan rings is 1. The van der Waals surface area contributed by atoms with E-state index in [1.807, 2.05) is 55.5 Å². The van der Waals surface area contributed by atoms with Crippen LogP contribution in [0, 0.1) is 6.92 Å². The topological polar surface area (TPSA) is 53.8 Å². The Balaban J connectivity index is 1.36. The first-order valence-electron chi connectivity index (χ1n) is 9.84. The highest BCUT2D eigenvalue weighted by molar-refractivity contribution is 7.84. The van der Waals surface area contributed by atoms with Crippen LogP contribution in [-0.4, -0.2) is 41.2 Å². The first-order chi connectivity index (χ1) is 14.5. The monoisotopic (exact) mass is 442 g/mol. The second-order valence-electron chi connectivity index (χ2n) is 7.28. The Morgan fingerprint density at radius 3 is 2.40 bits per heavy atom. The number of aryl methyl sites for hydroxylation is 1. The van der Waals surface area contributed by atoms with E-state index in [-0.39, 0.29) is 11.7 Å². The van der Waals surface area contributed by atoms with Gasteiger partial charge in [0, 0.05) is 41.8 Å². The molecule has 5 nitrogen and oxygen atoms in total. The third-order valence-corrected chi connectivity index (χ3v) is 6.99. The summed E-state index contributed by atoms with van der Waals surface area (Å²) in [5, 5.41) is 0.713. The molecule has 2 heterocycles. The molecule has 0 N–H and O–H groups in total. The van der Waals surface area contributed by atoms with Gasteiger partial charge in [0.15, 0.2) is 5.76 Å². The van der Waals surface area contributed by atoms with E-state index in [9.17, 15) is 9.00 Å². The molecular formula is C23H23ClN2O3S. The van der Waals surface area contributed by atoms with Gasteiger partial charge in [-0.1, -0.05) is 29.8 Å². The molecule has 3 aromatic rings. The smallest absolute Gasteiger partial charge is 0.289 e. The van der Waals surface area contributed by atoms with Crippen molar-refractivity contribution in [3.05, 3.63) is 82.8 Å². The lowest BCUT2D eigenvalue weighted by Gasteiger charge is -2.35. The zero-order chi connectivity index (χ0) is 21.1. The quantitative estimate of drug-likeness (QED) is 0.583. The minimum absolute atomic E-state index is 0.126. The molecule has 1 unspecified atom stereocenters. The SMILES string of the molecule is Cc1ccccc1S(=O)Cc1ccc(C(=O)N2CCN(c3ccc(Cl)cc3)CC2)o1. The first-order valence-corrected chi connectivity index (χ1v) is 11.5. The van der Waals surface area contributed by atoms with E-state index in [0.29, 0.717) is 29.6 Å². The summed E-state index contributed by atoms with van der Waals surface area (Å²) in [6.07, 6.45) is 0. The number of amides is 1. The first kappa shape index (κ1) is 20.7. The number of carbonyl (C=O) groups excluding carboxylic acids is 1. The lowest BCUT2D eigenvalue weighted by atomic mass is 10.2. The van der Waals surface area contributed by atoms with Crippen LogP contribution in [0.3, 0.4) is 0 Å². The number of nitrogens with zero attached hydrogens (tertiary/aromatic N) is 2. The fourth-order valence-corrected chi connectivity index (χ4v) is 4.92. The van der Waals surface area contributed by atoms with Gasteiger partial charge in [0.2, 0.25) is 0 Å². The average Bonchev–Trinajstić information content (AvgIpc) is 3.22. The van der Waals surface area contributed by atoms with Crippen molar-refractivity contribution in [3.63, 3.8) is 0 Å². The number of benzene rings is 2. The molecule has 1 aromatic heterocycles. The van der Waals surface area contributed by atoms with Gasteiger partial charge in [-0.05, 0) is 55.0 Å². The second kappa shape index (κ2) is 9.06. The third-order valence-electron chi connectivity index (χ3n) is 5.24. The van der Waals surface area contributed by atoms with E-state index < -0.39 is 10.8 Å². The third kappa shape index (κ3) is 4.60. The minimum atomic E-state index is -1.21. The minimum Gasteiger partial charge on any atom is -0.455 e. The maximum Gasteiger partial charge on any atom is 0.289 e. The molecule has 7 heteroatoms. The van der Waals surface area contributed by atoms with Crippen molar-refractivity contribution in [2.24, 2.45) is 0 Å². The number of hydrogen-bond donors (Lipinski definition) is 0. The summed E-state index contributed by atoms with van der Waals surface area (Å²) < 4.78 is 18.4. The summed E-state index contributed by atoms with van der Waals surface area (Å²) in [4.78, 5) is 17.7. The van der Waals surface area contributed by atoms with Gasteiger partial charge in [0.05, 0.1) is 16.6 Å². The molecule has 156 valence electrons. The highest BCUT2D eigenvalue weighted by atomic mass is 35.5. The van der Waals surface area contributed by atoms with E-state index in [1.54, 1.807) is 17.0 Å². The zero-order valence-corrected chi connectivity index (χ0v) is 18.3. The fraction of sp³-hybridized carbons (Fsp3) is 0.261. The molecule has 1 saturated heterocycles. The van der Waals surface area contributed by atoms with Gasteiger partial charge in [0.25, 0.3) is 5.91 Å². The van der Waals surface area contributed by atoms with Crippen LogP contribution >= 0.6 is 11.6 Å². The lowest BCUT2D eigenvalue weighted by molar-refractivity contribution is 0.0713. The van der Waals surface area contributed by atoms with E-state index in [2.05, 4.69) is 4.90 Å². The van der Waals surface area contributed by atoms with Crippen molar-refractivity contribution in [3.8, 4) is 0 Å². The Hall–Kier alpha value is -2.57. The highest BCUT2D eigenvalue weighted by Gasteiger charge is 2.24. The zero-order valence-electron chi connectivity index (χ0n) is 16.7. The number of hydrogen-bond acceptors (Lipinski definition) is 4. The summed E-state index contributed by atoms with van der Waals surface area (Å²) in [6, 6.07) is 18.8. The second-order valence-corrected chi connectivity index (χ2v) is 9.13. The average molecular weight is 443 g/mol. The molecule has 0 bridgehead atoms. The largest absolute Gasteiger partial charge is 0.455 e. The Labute approximate surface area is 183 Å². The van der Waals surface area contributed by atoms with Crippen molar-refractivity contribution in [1.29, 1.82) is 0 Å². The number of halogens is 1. The summed E-state index contributed by atoms with van der Waals surface area (Å²) in [5.41, 5.74) is 2.09. The molecule has 0 saturated carbocycles. The normalized spacial score (nSPS) is 15.3. The predicted molar refractivity (Wildman–Crippen MR) is 120 cm³/mol. The predicted octanol–water partition coefficient (Wildman–Crippen LogP) is 4.51. The van der Waals surface area contributed by atoms with Crippen molar-refractivity contribution in [2.45, 2.75) is 17.6 Å². The number of piperazine rings is 1. The molecule has 4 rings (SSSR count). The van der Waals surface area contributed by atoms with Crippen molar-refractivity contribution in [2.75, 3.05) is 31.1 Å². The standard InChI is InChI=1S/C23H23ClN2O3S/c1-17-4-2-3-5-22(17)30(28)16-20-10-11-21(29-20)23(27)26-14-12-25(13-15-26)19-8-6-18(24)7-9-19/h2-11H,12-16H2,1H3. The van der Waals surface area contributed by atoms with Crippen LogP contribution in [-0.2, 0) is 16.6 Å². The van der Waals surface area contributed by atoms with Crippen LogP contribution in [0.5, 0.6) is 0 Å². The highest BCUT2D eigenvalue weighted by Crippen LogP contribution is 2.22. The van der Waals surface area contributed by atoms with Crippen molar-refractivity contribution in [1.82, 2.24) is 4.90 Å². The van der Waals surface area contributed by atoms with Gasteiger partial charge in [-0.15, -0.1) is 0 Å². The van der Waals surface area contributed by atoms with Gasteiger partial charge < -0.3 is 14.2 Å². The maximum absolute atomic E-state index is 12.8. The van der Waals surface area contributed by atoms with Crippen LogP contribution in [0.1, 0.15) is 21.9 Å². The summed E-state index contributed by atoms with van der Waals surface area (Å²) in [6.45, 7) is 4.67. The van der Waals surface area contributed by atoms with Gasteiger partial charge >= 0.3 is 0 Å². The maximum atomic E-state index is 12.8. The van der Waals surface area contributed by atoms with Crippen molar-refractivity contribution < 1.29 is 13.4 Å². The van der Waals surface area contributed by atoms with E-state index in [1.165, 1.54) is 0 Å². The van der Waals surface area contributed by atoms with Crippen LogP contribution in [0.25, 0.3) is 0 Å². The van der Waals surface area contributed by atoms with Gasteiger partial charge in [-0.3, -0.25) is 9.00 Å². The molecule has 30 heavy (non-hydrogen) atoms. The summed E-state index contributed by atoms with van der Waals surface area (Å²) in [5.74, 6) is 0.979. The molecule has 0 spiro atoms. The molecular weight excluding hydrogens is 420 g/mol.